The molecule has 1 aliphatic heterocycles. The van der Waals surface area contributed by atoms with Gasteiger partial charge in [-0.1, -0.05) is 6.07 Å². The van der Waals surface area contributed by atoms with Crippen molar-refractivity contribution >= 4 is 16.1 Å². The lowest BCUT2D eigenvalue weighted by molar-refractivity contribution is -0.137. The van der Waals surface area contributed by atoms with Crippen LogP contribution in [0.15, 0.2) is 29.2 Å². The Morgan fingerprint density at radius 2 is 1.77 bits per heavy atom. The number of nitrogens with zero attached hydrogens (tertiary/aromatic N) is 2. The standard InChI is InChI=1S/C19H25F3N2O5S/c1-28-11-12-29-18(25)23-9-7-16(8-10-23)24(15-5-6-15)30(26,27)17-4-2-3-14(13-17)19(20,21)22/h2-4,13,15-16H,5-12H2,1H3. The first-order valence-corrected chi connectivity index (χ1v) is 11.2. The number of alkyl halides is 3. The van der Waals surface area contributed by atoms with E-state index in [-0.39, 0.29) is 30.2 Å². The van der Waals surface area contributed by atoms with Gasteiger partial charge in [-0.15, -0.1) is 0 Å². The van der Waals surface area contributed by atoms with Gasteiger partial charge in [-0.3, -0.25) is 0 Å². The van der Waals surface area contributed by atoms with Gasteiger partial charge in [0.2, 0.25) is 10.0 Å². The van der Waals surface area contributed by atoms with Crippen LogP contribution in [0.25, 0.3) is 0 Å². The Kier molecular flexibility index (Phi) is 6.93. The van der Waals surface area contributed by atoms with E-state index in [1.54, 1.807) is 0 Å². The number of halogens is 3. The van der Waals surface area contributed by atoms with Crippen molar-refractivity contribution in [3.63, 3.8) is 0 Å². The number of carbonyl (C=O) groups excluding carboxylic acids is 1. The lowest BCUT2D eigenvalue weighted by Crippen LogP contribution is -2.49. The van der Waals surface area contributed by atoms with Crippen molar-refractivity contribution in [1.29, 1.82) is 0 Å². The first-order valence-electron chi connectivity index (χ1n) is 9.76. The number of carbonyl (C=O) groups is 1. The maximum absolute atomic E-state index is 13.2. The highest BCUT2D eigenvalue weighted by Crippen LogP contribution is 2.38. The molecule has 2 aliphatic rings. The Hall–Kier alpha value is -1.85. The molecule has 3 rings (SSSR count). The van der Waals surface area contributed by atoms with E-state index in [1.165, 1.54) is 22.4 Å². The summed E-state index contributed by atoms with van der Waals surface area (Å²) in [5, 5.41) is 0. The van der Waals surface area contributed by atoms with Gasteiger partial charge in [-0.25, -0.2) is 13.2 Å². The summed E-state index contributed by atoms with van der Waals surface area (Å²) in [6.45, 7) is 1.05. The van der Waals surface area contributed by atoms with Gasteiger partial charge in [0.25, 0.3) is 0 Å². The zero-order valence-electron chi connectivity index (χ0n) is 16.6. The summed E-state index contributed by atoms with van der Waals surface area (Å²) in [6, 6.07) is 3.26. The number of hydrogen-bond acceptors (Lipinski definition) is 5. The maximum Gasteiger partial charge on any atom is 0.416 e. The van der Waals surface area contributed by atoms with Crippen LogP contribution >= 0.6 is 0 Å². The minimum Gasteiger partial charge on any atom is -0.447 e. The Balaban J connectivity index is 1.72. The topological polar surface area (TPSA) is 76.2 Å². The molecule has 30 heavy (non-hydrogen) atoms. The van der Waals surface area contributed by atoms with Crippen LogP contribution in [0.4, 0.5) is 18.0 Å². The Labute approximate surface area is 173 Å². The largest absolute Gasteiger partial charge is 0.447 e. The second-order valence-electron chi connectivity index (χ2n) is 7.42. The van der Waals surface area contributed by atoms with Gasteiger partial charge in [0.15, 0.2) is 0 Å². The van der Waals surface area contributed by atoms with E-state index in [9.17, 15) is 26.4 Å². The highest BCUT2D eigenvalue weighted by Gasteiger charge is 2.44. The van der Waals surface area contributed by atoms with Crippen LogP contribution in [0.2, 0.25) is 0 Å². The normalized spacial score (nSPS) is 18.6. The van der Waals surface area contributed by atoms with E-state index in [0.717, 1.165) is 12.1 Å². The molecule has 7 nitrogen and oxygen atoms in total. The number of methoxy groups -OCH3 is 1. The summed E-state index contributed by atoms with van der Waals surface area (Å²) < 4.78 is 76.9. The first kappa shape index (κ1) is 22.8. The Morgan fingerprint density at radius 3 is 2.33 bits per heavy atom. The zero-order chi connectivity index (χ0) is 21.9. The number of benzene rings is 1. The summed E-state index contributed by atoms with van der Waals surface area (Å²) in [5.41, 5.74) is -0.993. The van der Waals surface area contributed by atoms with Crippen molar-refractivity contribution in [3.05, 3.63) is 29.8 Å². The highest BCUT2D eigenvalue weighted by molar-refractivity contribution is 7.89. The Morgan fingerprint density at radius 1 is 1.13 bits per heavy atom. The van der Waals surface area contributed by atoms with Gasteiger partial charge in [0, 0.05) is 32.3 Å². The molecule has 0 spiro atoms. The molecule has 1 aliphatic carbocycles. The maximum atomic E-state index is 13.2. The summed E-state index contributed by atoms with van der Waals surface area (Å²) >= 11 is 0. The average Bonchev–Trinajstić information content (AvgIpc) is 3.53. The summed E-state index contributed by atoms with van der Waals surface area (Å²) in [6.07, 6.45) is -2.95. The van der Waals surface area contributed by atoms with Gasteiger partial charge < -0.3 is 14.4 Å². The molecule has 0 atom stereocenters. The van der Waals surface area contributed by atoms with Gasteiger partial charge in [-0.05, 0) is 43.9 Å². The minimum absolute atomic E-state index is 0.132. The summed E-state index contributed by atoms with van der Waals surface area (Å²) in [7, 11) is -2.60. The molecule has 11 heteroatoms. The number of ether oxygens (including phenoxy) is 2. The van der Waals surface area contributed by atoms with E-state index in [0.29, 0.717) is 44.8 Å². The number of amides is 1. The summed E-state index contributed by atoms with van der Waals surface area (Å²) in [5.74, 6) is 0. The third-order valence-corrected chi connectivity index (χ3v) is 7.24. The average molecular weight is 450 g/mol. The third kappa shape index (κ3) is 5.25. The summed E-state index contributed by atoms with van der Waals surface area (Å²) in [4.78, 5) is 13.2. The van der Waals surface area contributed by atoms with Crippen molar-refractivity contribution in [2.24, 2.45) is 0 Å². The monoisotopic (exact) mass is 450 g/mol. The molecule has 2 fully saturated rings. The van der Waals surface area contributed by atoms with Crippen LogP contribution < -0.4 is 0 Å². The molecule has 1 heterocycles. The van der Waals surface area contributed by atoms with E-state index in [2.05, 4.69) is 0 Å². The van der Waals surface area contributed by atoms with Crippen molar-refractivity contribution < 1.29 is 35.9 Å². The molecule has 0 radical (unpaired) electrons. The molecule has 1 aromatic rings. The van der Waals surface area contributed by atoms with E-state index in [4.69, 9.17) is 9.47 Å². The quantitative estimate of drug-likeness (QED) is 0.597. The molecule has 0 aromatic heterocycles. The number of rotatable bonds is 7. The zero-order valence-corrected chi connectivity index (χ0v) is 17.4. The molecular formula is C19H25F3N2O5S. The van der Waals surface area contributed by atoms with Crippen LogP contribution in [0.3, 0.4) is 0 Å². The van der Waals surface area contributed by atoms with Crippen molar-refractivity contribution in [1.82, 2.24) is 9.21 Å². The lowest BCUT2D eigenvalue weighted by Gasteiger charge is -2.37. The van der Waals surface area contributed by atoms with Gasteiger partial charge in [0.1, 0.15) is 6.61 Å². The predicted octanol–water partition coefficient (Wildman–Crippen LogP) is 3.11. The smallest absolute Gasteiger partial charge is 0.416 e. The first-order chi connectivity index (χ1) is 14.1. The van der Waals surface area contributed by atoms with Crippen LogP contribution in [-0.2, 0) is 25.7 Å². The van der Waals surface area contributed by atoms with Gasteiger partial charge in [0.05, 0.1) is 17.1 Å². The van der Waals surface area contributed by atoms with Crippen molar-refractivity contribution in [2.75, 3.05) is 33.4 Å². The molecule has 1 saturated carbocycles. The predicted molar refractivity (Wildman–Crippen MR) is 101 cm³/mol. The fraction of sp³-hybridized carbons (Fsp3) is 0.632. The van der Waals surface area contributed by atoms with E-state index in [1.807, 2.05) is 0 Å². The van der Waals surface area contributed by atoms with E-state index < -0.39 is 27.9 Å². The molecule has 0 bridgehead atoms. The number of sulfonamides is 1. The second kappa shape index (κ2) is 9.11. The van der Waals surface area contributed by atoms with Crippen molar-refractivity contribution in [3.8, 4) is 0 Å². The number of piperidine rings is 1. The van der Waals surface area contributed by atoms with Crippen LogP contribution in [0.5, 0.6) is 0 Å². The van der Waals surface area contributed by atoms with Crippen LogP contribution in [-0.4, -0.2) is 69.2 Å². The van der Waals surface area contributed by atoms with Crippen molar-refractivity contribution in [2.45, 2.75) is 48.8 Å². The van der Waals surface area contributed by atoms with Gasteiger partial charge >= 0.3 is 12.3 Å². The SMILES string of the molecule is COCCOC(=O)N1CCC(N(C2CC2)S(=O)(=O)c2cccc(C(F)(F)F)c2)CC1. The van der Waals surface area contributed by atoms with Gasteiger partial charge in [-0.2, -0.15) is 17.5 Å². The Bertz CT molecular complexity index is 850. The van der Waals surface area contributed by atoms with E-state index >= 15 is 0 Å². The minimum atomic E-state index is -4.62. The molecule has 168 valence electrons. The molecule has 0 N–H and O–H groups in total. The van der Waals surface area contributed by atoms with Crippen LogP contribution in [0, 0.1) is 0 Å². The molecular weight excluding hydrogens is 425 g/mol. The molecule has 1 saturated heterocycles. The second-order valence-corrected chi connectivity index (χ2v) is 9.26. The highest BCUT2D eigenvalue weighted by atomic mass is 32.2. The molecule has 1 amide bonds. The lowest BCUT2D eigenvalue weighted by atomic mass is 10.1. The fourth-order valence-corrected chi connectivity index (χ4v) is 5.56. The van der Waals surface area contributed by atoms with Crippen LogP contribution in [0.1, 0.15) is 31.2 Å². The fourth-order valence-electron chi connectivity index (χ4n) is 3.58. The number of hydrogen-bond donors (Lipinski definition) is 0. The molecule has 1 aromatic carbocycles. The molecule has 0 unspecified atom stereocenters. The third-order valence-electron chi connectivity index (χ3n) is 5.24. The number of likely N-dealkylation sites (tertiary alicyclic amines) is 1.